The zero-order valence-corrected chi connectivity index (χ0v) is 15.8. The van der Waals surface area contributed by atoms with Gasteiger partial charge in [-0.3, -0.25) is 14.9 Å². The number of phenolic OH excluding ortho intramolecular Hbond substituents is 1. The number of benzene rings is 2. The van der Waals surface area contributed by atoms with Crippen LogP contribution in [0.5, 0.6) is 17.2 Å². The largest absolute Gasteiger partial charge is 0.503 e. The Morgan fingerprint density at radius 2 is 2.07 bits per heavy atom. The quantitative estimate of drug-likeness (QED) is 0.371. The summed E-state index contributed by atoms with van der Waals surface area (Å²) in [5.41, 5.74) is 2.59. The predicted molar refractivity (Wildman–Crippen MR) is 101 cm³/mol. The number of phenols is 1. The van der Waals surface area contributed by atoms with Crippen LogP contribution in [0.4, 0.5) is 5.69 Å². The number of hydrogen-bond acceptors (Lipinski definition) is 7. The highest BCUT2D eigenvalue weighted by molar-refractivity contribution is 9.10. The molecule has 0 aliphatic heterocycles. The van der Waals surface area contributed by atoms with Crippen LogP contribution < -0.4 is 14.9 Å². The number of ether oxygens (including phenoxy) is 2. The summed E-state index contributed by atoms with van der Waals surface area (Å²) in [4.78, 5) is 22.1. The second kappa shape index (κ2) is 9.53. The Labute approximate surface area is 162 Å². The number of aromatic hydroxyl groups is 1. The third kappa shape index (κ3) is 5.68. The standard InChI is InChI=1S/C17H16BrN3O6/c1-2-26-15-8-11(7-12(18)17(15)23)9-19-20-16(22)10-27-14-6-4-3-5-13(14)21(24)25/h3-9,23H,2,10H2,1H3,(H,20,22). The first-order chi connectivity index (χ1) is 12.9. The van der Waals surface area contributed by atoms with Gasteiger partial charge in [0, 0.05) is 6.07 Å². The number of carbonyl (C=O) groups excluding carboxylic acids is 1. The molecule has 10 heteroatoms. The van der Waals surface area contributed by atoms with Gasteiger partial charge in [0.2, 0.25) is 0 Å². The van der Waals surface area contributed by atoms with Crippen molar-refractivity contribution >= 4 is 33.7 Å². The minimum atomic E-state index is -0.593. The number of nitro groups is 1. The zero-order chi connectivity index (χ0) is 19.8. The van der Waals surface area contributed by atoms with Crippen molar-refractivity contribution < 1.29 is 24.3 Å². The minimum absolute atomic E-state index is 0.00884. The lowest BCUT2D eigenvalue weighted by molar-refractivity contribution is -0.385. The smallest absolute Gasteiger partial charge is 0.310 e. The molecule has 0 spiro atoms. The van der Waals surface area contributed by atoms with E-state index < -0.39 is 17.4 Å². The summed E-state index contributed by atoms with van der Waals surface area (Å²) in [6, 6.07) is 8.90. The molecule has 0 heterocycles. The summed E-state index contributed by atoms with van der Waals surface area (Å²) in [7, 11) is 0. The number of rotatable bonds is 8. The van der Waals surface area contributed by atoms with E-state index in [1.807, 2.05) is 0 Å². The number of nitro benzene ring substituents is 1. The minimum Gasteiger partial charge on any atom is -0.503 e. The van der Waals surface area contributed by atoms with E-state index in [0.717, 1.165) is 0 Å². The van der Waals surface area contributed by atoms with Gasteiger partial charge in [-0.25, -0.2) is 5.43 Å². The van der Waals surface area contributed by atoms with Gasteiger partial charge >= 0.3 is 5.69 Å². The molecule has 0 aliphatic rings. The second-order valence-corrected chi connectivity index (χ2v) is 5.94. The number of halogens is 1. The van der Waals surface area contributed by atoms with Crippen molar-refractivity contribution in [3.63, 3.8) is 0 Å². The van der Waals surface area contributed by atoms with Gasteiger partial charge in [-0.05, 0) is 46.6 Å². The van der Waals surface area contributed by atoms with E-state index in [1.165, 1.54) is 24.4 Å². The van der Waals surface area contributed by atoms with Crippen molar-refractivity contribution in [2.24, 2.45) is 5.10 Å². The third-order valence-corrected chi connectivity index (χ3v) is 3.78. The molecule has 0 radical (unpaired) electrons. The Balaban J connectivity index is 1.95. The Hall–Kier alpha value is -3.14. The summed E-state index contributed by atoms with van der Waals surface area (Å²) in [6.45, 7) is 1.72. The molecule has 0 saturated carbocycles. The number of hydrazone groups is 1. The van der Waals surface area contributed by atoms with Crippen LogP contribution in [-0.4, -0.2) is 35.4 Å². The van der Waals surface area contributed by atoms with E-state index in [-0.39, 0.29) is 22.9 Å². The second-order valence-electron chi connectivity index (χ2n) is 5.09. The van der Waals surface area contributed by atoms with Crippen molar-refractivity contribution in [1.82, 2.24) is 5.43 Å². The molecule has 0 bridgehead atoms. The molecule has 0 fully saturated rings. The summed E-state index contributed by atoms with van der Waals surface area (Å²) < 4.78 is 10.9. The number of amides is 1. The Kier molecular flexibility index (Phi) is 7.12. The molecule has 1 amide bonds. The molecule has 2 rings (SSSR count). The first-order valence-corrected chi connectivity index (χ1v) is 8.55. The van der Waals surface area contributed by atoms with Crippen LogP contribution in [0.3, 0.4) is 0 Å². The van der Waals surface area contributed by atoms with E-state index in [1.54, 1.807) is 25.1 Å². The molecule has 2 aromatic rings. The van der Waals surface area contributed by atoms with Gasteiger partial charge in [0.05, 0.1) is 22.2 Å². The predicted octanol–water partition coefficient (Wildman–Crippen LogP) is 2.99. The molecule has 0 atom stereocenters. The van der Waals surface area contributed by atoms with Gasteiger partial charge in [0.1, 0.15) is 0 Å². The normalized spacial score (nSPS) is 10.6. The molecule has 142 valence electrons. The lowest BCUT2D eigenvalue weighted by Crippen LogP contribution is -2.24. The number of carbonyl (C=O) groups is 1. The highest BCUT2D eigenvalue weighted by Gasteiger charge is 2.14. The number of nitrogens with one attached hydrogen (secondary N) is 1. The molecule has 2 N–H and O–H groups in total. The van der Waals surface area contributed by atoms with Gasteiger partial charge in [0.15, 0.2) is 23.9 Å². The molecule has 0 unspecified atom stereocenters. The van der Waals surface area contributed by atoms with Crippen molar-refractivity contribution in [2.45, 2.75) is 6.92 Å². The molecule has 9 nitrogen and oxygen atoms in total. The Bertz CT molecular complexity index is 872. The first-order valence-electron chi connectivity index (χ1n) is 7.75. The van der Waals surface area contributed by atoms with Crippen LogP contribution in [0, 0.1) is 10.1 Å². The van der Waals surface area contributed by atoms with E-state index in [4.69, 9.17) is 9.47 Å². The van der Waals surface area contributed by atoms with Crippen molar-refractivity contribution in [1.29, 1.82) is 0 Å². The highest BCUT2D eigenvalue weighted by atomic mass is 79.9. The molecule has 0 aromatic heterocycles. The Morgan fingerprint density at radius 1 is 1.33 bits per heavy atom. The molecular weight excluding hydrogens is 422 g/mol. The SMILES string of the molecule is CCOc1cc(C=NNC(=O)COc2ccccc2[N+](=O)[O-])cc(Br)c1O. The average Bonchev–Trinajstić information content (AvgIpc) is 2.64. The number of para-hydroxylation sites is 2. The third-order valence-electron chi connectivity index (χ3n) is 3.17. The molecule has 2 aromatic carbocycles. The van der Waals surface area contributed by atoms with Gasteiger partial charge in [-0.2, -0.15) is 5.10 Å². The monoisotopic (exact) mass is 437 g/mol. The van der Waals surface area contributed by atoms with Crippen molar-refractivity contribution in [2.75, 3.05) is 13.2 Å². The maximum atomic E-state index is 11.8. The topological polar surface area (TPSA) is 123 Å². The summed E-state index contributed by atoms with van der Waals surface area (Å²) in [5, 5.41) is 24.5. The number of hydrogen-bond donors (Lipinski definition) is 2. The van der Waals surface area contributed by atoms with Crippen molar-refractivity contribution in [3.05, 3.63) is 56.5 Å². The van der Waals surface area contributed by atoms with Crippen LogP contribution in [0.2, 0.25) is 0 Å². The molecule has 0 aliphatic carbocycles. The van der Waals surface area contributed by atoms with Gasteiger partial charge in [-0.1, -0.05) is 12.1 Å². The fourth-order valence-electron chi connectivity index (χ4n) is 2.02. The molecule has 27 heavy (non-hydrogen) atoms. The van der Waals surface area contributed by atoms with Crippen molar-refractivity contribution in [3.8, 4) is 17.2 Å². The van der Waals surface area contributed by atoms with Crippen LogP contribution in [-0.2, 0) is 4.79 Å². The van der Waals surface area contributed by atoms with Gasteiger partial charge < -0.3 is 14.6 Å². The maximum absolute atomic E-state index is 11.8. The zero-order valence-electron chi connectivity index (χ0n) is 14.2. The maximum Gasteiger partial charge on any atom is 0.310 e. The van der Waals surface area contributed by atoms with Gasteiger partial charge in [-0.15, -0.1) is 0 Å². The lowest BCUT2D eigenvalue weighted by atomic mass is 10.2. The highest BCUT2D eigenvalue weighted by Crippen LogP contribution is 2.35. The molecule has 0 saturated heterocycles. The average molecular weight is 438 g/mol. The van der Waals surface area contributed by atoms with E-state index in [9.17, 15) is 20.0 Å². The van der Waals surface area contributed by atoms with E-state index >= 15 is 0 Å². The number of nitrogens with zero attached hydrogens (tertiary/aromatic N) is 2. The van der Waals surface area contributed by atoms with Gasteiger partial charge in [0.25, 0.3) is 5.91 Å². The summed E-state index contributed by atoms with van der Waals surface area (Å²) >= 11 is 3.20. The molecular formula is C17H16BrN3O6. The first kappa shape index (κ1) is 20.2. The van der Waals surface area contributed by atoms with E-state index in [2.05, 4.69) is 26.5 Å². The lowest BCUT2D eigenvalue weighted by Gasteiger charge is -2.08. The van der Waals surface area contributed by atoms with E-state index in [0.29, 0.717) is 16.6 Å². The summed E-state index contributed by atoms with van der Waals surface area (Å²) in [6.07, 6.45) is 1.36. The van der Waals surface area contributed by atoms with Crippen LogP contribution in [0.1, 0.15) is 12.5 Å². The summed E-state index contributed by atoms with van der Waals surface area (Å²) in [5.74, 6) is -0.354. The van der Waals surface area contributed by atoms with Crippen LogP contribution >= 0.6 is 15.9 Å². The van der Waals surface area contributed by atoms with Crippen LogP contribution in [0.15, 0.2) is 46.0 Å². The Morgan fingerprint density at radius 3 is 2.78 bits per heavy atom. The fraction of sp³-hybridized carbons (Fsp3) is 0.176. The fourth-order valence-corrected chi connectivity index (χ4v) is 2.48. The van der Waals surface area contributed by atoms with Crippen LogP contribution in [0.25, 0.3) is 0 Å².